The summed E-state index contributed by atoms with van der Waals surface area (Å²) in [5.74, 6) is -0.939. The molecule has 0 saturated carbocycles. The number of carbonyl (C=O) groups is 1. The number of fused-ring (bicyclic) bond motifs is 1. The average molecular weight is 413 g/mol. The Bertz CT molecular complexity index is 684. The first kappa shape index (κ1) is 14.7. The van der Waals surface area contributed by atoms with Crippen LogP contribution in [0.5, 0.6) is 0 Å². The lowest BCUT2D eigenvalue weighted by atomic mass is 10.1. The van der Waals surface area contributed by atoms with Crippen molar-refractivity contribution in [1.82, 2.24) is 5.32 Å². The van der Waals surface area contributed by atoms with Gasteiger partial charge in [-0.1, -0.05) is 46.3 Å². The number of rotatable bonds is 2. The van der Waals surface area contributed by atoms with E-state index in [1.165, 1.54) is 11.6 Å². The minimum atomic E-state index is -0.528. The van der Waals surface area contributed by atoms with Crippen molar-refractivity contribution in [1.29, 1.82) is 0 Å². The Morgan fingerprint density at radius 1 is 1.19 bits per heavy atom. The van der Waals surface area contributed by atoms with Gasteiger partial charge in [0.1, 0.15) is 5.82 Å². The van der Waals surface area contributed by atoms with Crippen LogP contribution in [0.4, 0.5) is 4.39 Å². The molecular weight excluding hydrogens is 401 g/mol. The van der Waals surface area contributed by atoms with Gasteiger partial charge in [0, 0.05) is 9.30 Å². The molecule has 3 rings (SSSR count). The fraction of sp³-hybridized carbons (Fsp3) is 0.188. The van der Waals surface area contributed by atoms with E-state index >= 15 is 0 Å². The van der Waals surface area contributed by atoms with Crippen LogP contribution in [0.1, 0.15) is 27.5 Å². The average Bonchev–Trinajstić information content (AvgIpc) is 2.75. The lowest BCUT2D eigenvalue weighted by Crippen LogP contribution is -2.32. The van der Waals surface area contributed by atoms with Crippen LogP contribution < -0.4 is 5.32 Å². The molecule has 1 amide bonds. The monoisotopic (exact) mass is 411 g/mol. The number of hydrogen-bond acceptors (Lipinski definition) is 1. The zero-order chi connectivity index (χ0) is 15.0. The van der Waals surface area contributed by atoms with Crippen molar-refractivity contribution in [2.45, 2.75) is 17.3 Å². The first-order chi connectivity index (χ1) is 10.1. The number of carbonyl (C=O) groups excluding carboxylic acids is 1. The molecule has 0 radical (unpaired) electrons. The van der Waals surface area contributed by atoms with E-state index in [2.05, 4.69) is 43.2 Å². The van der Waals surface area contributed by atoms with Crippen LogP contribution in [0.2, 0.25) is 0 Å². The van der Waals surface area contributed by atoms with Crippen LogP contribution in [0.15, 0.2) is 46.9 Å². The molecule has 2 atom stereocenters. The highest BCUT2D eigenvalue weighted by atomic mass is 79.9. The van der Waals surface area contributed by atoms with Gasteiger partial charge in [0.2, 0.25) is 0 Å². The van der Waals surface area contributed by atoms with Crippen molar-refractivity contribution < 1.29 is 9.18 Å². The molecule has 2 unspecified atom stereocenters. The summed E-state index contributed by atoms with van der Waals surface area (Å²) < 4.78 is 14.3. The van der Waals surface area contributed by atoms with Gasteiger partial charge in [0.15, 0.2) is 0 Å². The second-order valence-electron chi connectivity index (χ2n) is 4.97. The molecule has 2 nitrogen and oxygen atoms in total. The molecule has 1 aliphatic rings. The maximum absolute atomic E-state index is 13.9. The highest BCUT2D eigenvalue weighted by Crippen LogP contribution is 2.36. The van der Waals surface area contributed by atoms with E-state index in [9.17, 15) is 9.18 Å². The Labute approximate surface area is 139 Å². The van der Waals surface area contributed by atoms with E-state index in [1.807, 2.05) is 18.2 Å². The van der Waals surface area contributed by atoms with Crippen molar-refractivity contribution in [3.63, 3.8) is 0 Å². The minimum absolute atomic E-state index is 0.0431. The largest absolute Gasteiger partial charge is 0.344 e. The highest BCUT2D eigenvalue weighted by molar-refractivity contribution is 9.10. The van der Waals surface area contributed by atoms with Crippen molar-refractivity contribution in [2.24, 2.45) is 0 Å². The number of amides is 1. The van der Waals surface area contributed by atoms with Crippen molar-refractivity contribution in [3.05, 3.63) is 69.4 Å². The molecule has 2 aromatic carbocycles. The van der Waals surface area contributed by atoms with Crippen molar-refractivity contribution >= 4 is 37.8 Å². The maximum Gasteiger partial charge on any atom is 0.255 e. The molecule has 21 heavy (non-hydrogen) atoms. The molecule has 0 saturated heterocycles. The van der Waals surface area contributed by atoms with Gasteiger partial charge in [0.25, 0.3) is 5.91 Å². The lowest BCUT2D eigenvalue weighted by molar-refractivity contribution is 0.0933. The summed E-state index contributed by atoms with van der Waals surface area (Å²) in [5, 5.41) is 2.93. The van der Waals surface area contributed by atoms with Crippen LogP contribution in [-0.4, -0.2) is 10.7 Å². The third-order valence-corrected chi connectivity index (χ3v) is 5.16. The van der Waals surface area contributed by atoms with Gasteiger partial charge in [-0.3, -0.25) is 4.79 Å². The molecule has 0 aromatic heterocycles. The van der Waals surface area contributed by atoms with Gasteiger partial charge >= 0.3 is 0 Å². The number of halogens is 3. The summed E-state index contributed by atoms with van der Waals surface area (Å²) >= 11 is 6.83. The Morgan fingerprint density at radius 2 is 1.95 bits per heavy atom. The molecule has 5 heteroatoms. The molecule has 0 fully saturated rings. The van der Waals surface area contributed by atoms with Crippen LogP contribution in [0.25, 0.3) is 0 Å². The SMILES string of the molecule is O=C(NC1c2ccccc2CC1Br)c1c(F)cccc1Br. The molecule has 2 aromatic rings. The number of benzene rings is 2. The molecule has 1 aliphatic carbocycles. The van der Waals surface area contributed by atoms with E-state index in [-0.39, 0.29) is 16.4 Å². The predicted octanol–water partition coefficient (Wildman–Crippen LogP) is 4.38. The summed E-state index contributed by atoms with van der Waals surface area (Å²) in [7, 11) is 0. The first-order valence-electron chi connectivity index (χ1n) is 6.54. The molecular formula is C16H12Br2FNO. The van der Waals surface area contributed by atoms with Gasteiger partial charge in [-0.25, -0.2) is 4.39 Å². The van der Waals surface area contributed by atoms with Crippen molar-refractivity contribution in [3.8, 4) is 0 Å². The number of nitrogens with one attached hydrogen (secondary N) is 1. The van der Waals surface area contributed by atoms with E-state index in [0.717, 1.165) is 12.0 Å². The van der Waals surface area contributed by atoms with Gasteiger partial charge in [-0.05, 0) is 45.6 Å². The standard InChI is InChI=1S/C16H12Br2FNO/c17-11-6-3-7-13(19)14(11)16(21)20-15-10-5-2-1-4-9(10)8-12(15)18/h1-7,12,15H,8H2,(H,20,21). The van der Waals surface area contributed by atoms with Crippen LogP contribution in [0, 0.1) is 5.82 Å². The fourth-order valence-electron chi connectivity index (χ4n) is 2.64. The molecule has 108 valence electrons. The molecule has 0 aliphatic heterocycles. The summed E-state index contributed by atoms with van der Waals surface area (Å²) in [6.45, 7) is 0. The highest BCUT2D eigenvalue weighted by Gasteiger charge is 2.32. The summed E-state index contributed by atoms with van der Waals surface area (Å²) in [6.07, 6.45) is 0.847. The summed E-state index contributed by atoms with van der Waals surface area (Å²) in [6, 6.07) is 12.3. The smallest absolute Gasteiger partial charge is 0.255 e. The second-order valence-corrected chi connectivity index (χ2v) is 7.00. The molecule has 0 heterocycles. The predicted molar refractivity (Wildman–Crippen MR) is 87.2 cm³/mol. The Kier molecular flexibility index (Phi) is 4.13. The molecule has 0 bridgehead atoms. The third kappa shape index (κ3) is 2.77. The third-order valence-electron chi connectivity index (χ3n) is 3.64. The van der Waals surface area contributed by atoms with Gasteiger partial charge in [-0.2, -0.15) is 0 Å². The Balaban J connectivity index is 1.89. The van der Waals surface area contributed by atoms with E-state index in [0.29, 0.717) is 4.47 Å². The zero-order valence-electron chi connectivity index (χ0n) is 10.9. The Hall–Kier alpha value is -1.20. The topological polar surface area (TPSA) is 29.1 Å². The Morgan fingerprint density at radius 3 is 2.71 bits per heavy atom. The van der Waals surface area contributed by atoms with E-state index in [4.69, 9.17) is 0 Å². The van der Waals surface area contributed by atoms with Gasteiger partial charge < -0.3 is 5.32 Å². The summed E-state index contributed by atoms with van der Waals surface area (Å²) in [4.78, 5) is 12.5. The van der Waals surface area contributed by atoms with E-state index < -0.39 is 11.7 Å². The molecule has 1 N–H and O–H groups in total. The normalized spacial score (nSPS) is 20.1. The van der Waals surface area contributed by atoms with Crippen LogP contribution in [0.3, 0.4) is 0 Å². The minimum Gasteiger partial charge on any atom is -0.344 e. The lowest BCUT2D eigenvalue weighted by Gasteiger charge is -2.18. The number of alkyl halides is 1. The molecule has 0 spiro atoms. The number of hydrogen-bond donors (Lipinski definition) is 1. The second kappa shape index (κ2) is 5.89. The maximum atomic E-state index is 13.9. The zero-order valence-corrected chi connectivity index (χ0v) is 14.1. The first-order valence-corrected chi connectivity index (χ1v) is 8.25. The van der Waals surface area contributed by atoms with Crippen molar-refractivity contribution in [2.75, 3.05) is 0 Å². The quantitative estimate of drug-likeness (QED) is 0.728. The van der Waals surface area contributed by atoms with Gasteiger partial charge in [0.05, 0.1) is 11.6 Å². The van der Waals surface area contributed by atoms with Crippen LogP contribution >= 0.6 is 31.9 Å². The van der Waals surface area contributed by atoms with Gasteiger partial charge in [-0.15, -0.1) is 0 Å². The van der Waals surface area contributed by atoms with E-state index in [1.54, 1.807) is 12.1 Å². The fourth-order valence-corrected chi connectivity index (χ4v) is 3.93. The van der Waals surface area contributed by atoms with Crippen LogP contribution in [-0.2, 0) is 6.42 Å². The summed E-state index contributed by atoms with van der Waals surface area (Å²) in [5.41, 5.74) is 2.33.